The summed E-state index contributed by atoms with van der Waals surface area (Å²) >= 11 is 0. The van der Waals surface area contributed by atoms with E-state index in [0.717, 1.165) is 11.4 Å². The number of hydrogen-bond donors (Lipinski definition) is 0. The average Bonchev–Trinajstić information content (AvgIpc) is 2.73. The summed E-state index contributed by atoms with van der Waals surface area (Å²) in [4.78, 5) is 32.6. The molecule has 5 heteroatoms. The molecule has 0 aliphatic carbocycles. The quantitative estimate of drug-likeness (QED) is 0.725. The molecule has 0 fully saturated rings. The molecule has 0 aliphatic rings. The van der Waals surface area contributed by atoms with Gasteiger partial charge in [-0.2, -0.15) is 0 Å². The van der Waals surface area contributed by atoms with Crippen LogP contribution in [0, 0.1) is 0 Å². The van der Waals surface area contributed by atoms with Crippen molar-refractivity contribution < 1.29 is 9.59 Å². The third kappa shape index (κ3) is 3.62. The molecule has 0 aliphatic heterocycles. The minimum Gasteiger partial charge on any atom is -0.311 e. The van der Waals surface area contributed by atoms with Gasteiger partial charge < -0.3 is 9.80 Å². The Morgan fingerprint density at radius 1 is 0.731 bits per heavy atom. The van der Waals surface area contributed by atoms with E-state index in [1.165, 1.54) is 17.2 Å². The molecule has 26 heavy (non-hydrogen) atoms. The summed E-state index contributed by atoms with van der Waals surface area (Å²) in [6.07, 6.45) is 1.48. The molecule has 0 saturated heterocycles. The fourth-order valence-electron chi connectivity index (χ4n) is 2.58. The molecule has 5 nitrogen and oxygen atoms in total. The van der Waals surface area contributed by atoms with Crippen molar-refractivity contribution in [2.24, 2.45) is 0 Å². The molecule has 1 aromatic heterocycles. The lowest BCUT2D eigenvalue weighted by Gasteiger charge is -2.19. The van der Waals surface area contributed by atoms with E-state index in [1.807, 2.05) is 60.7 Å². The number of para-hydroxylation sites is 2. The van der Waals surface area contributed by atoms with Crippen LogP contribution in [-0.4, -0.2) is 30.9 Å². The predicted molar refractivity (Wildman–Crippen MR) is 103 cm³/mol. The highest BCUT2D eigenvalue weighted by molar-refractivity contribution is 6.09. The number of amides is 2. The highest BCUT2D eigenvalue weighted by Crippen LogP contribution is 2.17. The summed E-state index contributed by atoms with van der Waals surface area (Å²) in [5.41, 5.74) is 2.18. The van der Waals surface area contributed by atoms with Crippen molar-refractivity contribution >= 4 is 23.2 Å². The number of rotatable bonds is 4. The van der Waals surface area contributed by atoms with Gasteiger partial charge in [0.1, 0.15) is 5.69 Å². The first-order valence-corrected chi connectivity index (χ1v) is 8.20. The van der Waals surface area contributed by atoms with E-state index in [2.05, 4.69) is 4.98 Å². The number of pyridine rings is 1. The SMILES string of the molecule is CN(C(=O)c1ccnc(C(=O)N(C)c2ccccc2)c1)c1ccccc1. The minimum absolute atomic E-state index is 0.199. The van der Waals surface area contributed by atoms with Crippen LogP contribution < -0.4 is 9.80 Å². The first-order chi connectivity index (χ1) is 12.6. The van der Waals surface area contributed by atoms with Gasteiger partial charge in [-0.05, 0) is 36.4 Å². The molecule has 0 spiro atoms. The second kappa shape index (κ2) is 7.61. The number of aromatic nitrogens is 1. The fraction of sp³-hybridized carbons (Fsp3) is 0.0952. The standard InChI is InChI=1S/C21H19N3O2/c1-23(17-9-5-3-6-10-17)20(25)16-13-14-22-19(15-16)21(26)24(2)18-11-7-4-8-12-18/h3-15H,1-2H3. The third-order valence-electron chi connectivity index (χ3n) is 4.12. The molecule has 3 rings (SSSR count). The maximum absolute atomic E-state index is 12.7. The van der Waals surface area contributed by atoms with Gasteiger partial charge in [-0.25, -0.2) is 0 Å². The Hall–Kier alpha value is -3.47. The van der Waals surface area contributed by atoms with Crippen molar-refractivity contribution in [3.63, 3.8) is 0 Å². The normalized spacial score (nSPS) is 10.2. The van der Waals surface area contributed by atoms with Crippen molar-refractivity contribution in [2.75, 3.05) is 23.9 Å². The smallest absolute Gasteiger partial charge is 0.276 e. The van der Waals surface area contributed by atoms with Crippen molar-refractivity contribution in [1.29, 1.82) is 0 Å². The van der Waals surface area contributed by atoms with Gasteiger partial charge in [0.25, 0.3) is 11.8 Å². The van der Waals surface area contributed by atoms with Crippen molar-refractivity contribution in [1.82, 2.24) is 4.98 Å². The van der Waals surface area contributed by atoms with E-state index >= 15 is 0 Å². The van der Waals surface area contributed by atoms with Crippen LogP contribution in [0.1, 0.15) is 20.8 Å². The maximum atomic E-state index is 12.7. The monoisotopic (exact) mass is 345 g/mol. The zero-order chi connectivity index (χ0) is 18.5. The largest absolute Gasteiger partial charge is 0.311 e. The van der Waals surface area contributed by atoms with Crippen molar-refractivity contribution in [3.8, 4) is 0 Å². The molecular formula is C21H19N3O2. The number of nitrogens with zero attached hydrogens (tertiary/aromatic N) is 3. The van der Waals surface area contributed by atoms with E-state index in [4.69, 9.17) is 0 Å². The summed E-state index contributed by atoms with van der Waals surface area (Å²) in [6.45, 7) is 0. The molecule has 130 valence electrons. The van der Waals surface area contributed by atoms with Gasteiger partial charge in [-0.3, -0.25) is 14.6 Å². The lowest BCUT2D eigenvalue weighted by molar-refractivity contribution is 0.0988. The first kappa shape index (κ1) is 17.4. The molecule has 3 aromatic rings. The van der Waals surface area contributed by atoms with Gasteiger partial charge in [0.15, 0.2) is 0 Å². The lowest BCUT2D eigenvalue weighted by atomic mass is 10.1. The Morgan fingerprint density at radius 2 is 1.23 bits per heavy atom. The van der Waals surface area contributed by atoms with Crippen LogP contribution in [0.25, 0.3) is 0 Å². The van der Waals surface area contributed by atoms with Crippen LogP contribution in [0.15, 0.2) is 79.0 Å². The van der Waals surface area contributed by atoms with Gasteiger partial charge in [0.05, 0.1) is 0 Å². The molecule has 1 heterocycles. The van der Waals surface area contributed by atoms with E-state index in [0.29, 0.717) is 5.56 Å². The van der Waals surface area contributed by atoms with Gasteiger partial charge in [-0.1, -0.05) is 36.4 Å². The molecular weight excluding hydrogens is 326 g/mol. The Balaban J connectivity index is 1.84. The van der Waals surface area contributed by atoms with E-state index < -0.39 is 0 Å². The molecule has 0 bridgehead atoms. The Kier molecular flexibility index (Phi) is 5.08. The summed E-state index contributed by atoms with van der Waals surface area (Å²) in [5, 5.41) is 0. The minimum atomic E-state index is -0.270. The summed E-state index contributed by atoms with van der Waals surface area (Å²) < 4.78 is 0. The number of anilines is 2. The van der Waals surface area contributed by atoms with Gasteiger partial charge in [0, 0.05) is 37.2 Å². The van der Waals surface area contributed by atoms with Crippen LogP contribution >= 0.6 is 0 Å². The third-order valence-corrected chi connectivity index (χ3v) is 4.12. The first-order valence-electron chi connectivity index (χ1n) is 8.20. The second-order valence-corrected chi connectivity index (χ2v) is 5.83. The van der Waals surface area contributed by atoms with Crippen molar-refractivity contribution in [3.05, 3.63) is 90.3 Å². The highest BCUT2D eigenvalue weighted by atomic mass is 16.2. The number of hydrogen-bond acceptors (Lipinski definition) is 3. The zero-order valence-corrected chi connectivity index (χ0v) is 14.7. The summed E-state index contributed by atoms with van der Waals surface area (Å²) in [7, 11) is 3.39. The number of carbonyl (C=O) groups is 2. The Morgan fingerprint density at radius 3 is 1.77 bits per heavy atom. The number of carbonyl (C=O) groups excluding carboxylic acids is 2. The lowest BCUT2D eigenvalue weighted by Crippen LogP contribution is -2.29. The van der Waals surface area contributed by atoms with Gasteiger partial charge in [-0.15, -0.1) is 0 Å². The van der Waals surface area contributed by atoms with Crippen LogP contribution in [0.5, 0.6) is 0 Å². The average molecular weight is 345 g/mol. The maximum Gasteiger partial charge on any atom is 0.276 e. The molecule has 0 saturated carbocycles. The molecule has 0 unspecified atom stereocenters. The molecule has 2 amide bonds. The Bertz CT molecular complexity index is 838. The molecule has 2 aromatic carbocycles. The van der Waals surface area contributed by atoms with Crippen LogP contribution in [0.2, 0.25) is 0 Å². The second-order valence-electron chi connectivity index (χ2n) is 5.83. The van der Waals surface area contributed by atoms with E-state index in [1.54, 1.807) is 25.1 Å². The summed E-state index contributed by atoms with van der Waals surface area (Å²) in [6, 6.07) is 21.8. The van der Waals surface area contributed by atoms with Crippen LogP contribution in [0.4, 0.5) is 11.4 Å². The van der Waals surface area contributed by atoms with Crippen LogP contribution in [0.3, 0.4) is 0 Å². The molecule has 0 N–H and O–H groups in total. The zero-order valence-electron chi connectivity index (χ0n) is 14.7. The van der Waals surface area contributed by atoms with E-state index in [-0.39, 0.29) is 17.5 Å². The van der Waals surface area contributed by atoms with E-state index in [9.17, 15) is 9.59 Å². The predicted octanol–water partition coefficient (Wildman–Crippen LogP) is 3.63. The topological polar surface area (TPSA) is 53.5 Å². The van der Waals surface area contributed by atoms with Gasteiger partial charge in [0.2, 0.25) is 0 Å². The van der Waals surface area contributed by atoms with Crippen molar-refractivity contribution in [2.45, 2.75) is 0 Å². The Labute approximate surface area is 152 Å². The number of benzene rings is 2. The highest BCUT2D eigenvalue weighted by Gasteiger charge is 2.19. The van der Waals surface area contributed by atoms with Gasteiger partial charge >= 0.3 is 0 Å². The van der Waals surface area contributed by atoms with Crippen LogP contribution in [-0.2, 0) is 0 Å². The summed E-state index contributed by atoms with van der Waals surface area (Å²) in [5.74, 6) is -0.469. The molecule has 0 radical (unpaired) electrons. The fourth-order valence-corrected chi connectivity index (χ4v) is 2.58. The molecule has 0 atom stereocenters.